The Morgan fingerprint density at radius 1 is 1.18 bits per heavy atom. The summed E-state index contributed by atoms with van der Waals surface area (Å²) in [5, 5.41) is 3.79. The lowest BCUT2D eigenvalue weighted by Crippen LogP contribution is -2.31. The van der Waals surface area contributed by atoms with E-state index >= 15 is 0 Å². The van der Waals surface area contributed by atoms with Gasteiger partial charge in [0.05, 0.1) is 16.1 Å². The van der Waals surface area contributed by atoms with Crippen molar-refractivity contribution in [1.29, 1.82) is 0 Å². The number of aromatic nitrogens is 3. The van der Waals surface area contributed by atoms with Crippen LogP contribution in [-0.2, 0) is 19.5 Å². The summed E-state index contributed by atoms with van der Waals surface area (Å²) in [6.07, 6.45) is 2.90. The van der Waals surface area contributed by atoms with Crippen LogP contribution < -0.4 is 0 Å². The van der Waals surface area contributed by atoms with Crippen molar-refractivity contribution in [2.24, 2.45) is 0 Å². The minimum Gasteiger partial charge on any atom is -0.294 e. The number of para-hydroxylation sites is 1. The van der Waals surface area contributed by atoms with E-state index in [0.29, 0.717) is 5.15 Å². The van der Waals surface area contributed by atoms with Crippen LogP contribution in [0.1, 0.15) is 22.4 Å². The smallest absolute Gasteiger partial charge is 0.169 e. The van der Waals surface area contributed by atoms with Gasteiger partial charge in [0.15, 0.2) is 5.82 Å². The molecule has 0 amide bonds. The highest BCUT2D eigenvalue weighted by atomic mass is 35.5. The van der Waals surface area contributed by atoms with Crippen LogP contribution in [0, 0.1) is 6.92 Å². The molecule has 0 spiro atoms. The average molecular weight is 407 g/mol. The van der Waals surface area contributed by atoms with E-state index in [-0.39, 0.29) is 0 Å². The number of thiophene rings is 1. The van der Waals surface area contributed by atoms with Crippen molar-refractivity contribution in [3.05, 3.63) is 75.5 Å². The topological polar surface area (TPSA) is 41.9 Å². The van der Waals surface area contributed by atoms with Crippen molar-refractivity contribution in [1.82, 2.24) is 19.9 Å². The third-order valence-electron chi connectivity index (χ3n) is 5.22. The zero-order chi connectivity index (χ0) is 19.1. The molecule has 0 saturated heterocycles. The Bertz CT molecular complexity index is 1160. The first kappa shape index (κ1) is 17.7. The molecule has 0 radical (unpaired) electrons. The first-order chi connectivity index (χ1) is 13.7. The van der Waals surface area contributed by atoms with Gasteiger partial charge in [-0.3, -0.25) is 4.90 Å². The van der Waals surface area contributed by atoms with Crippen LogP contribution in [0.25, 0.3) is 21.6 Å². The lowest BCUT2D eigenvalue weighted by Gasteiger charge is -2.28. The number of pyridine rings is 1. The Morgan fingerprint density at radius 2 is 2.11 bits per heavy atom. The highest BCUT2D eigenvalue weighted by Gasteiger charge is 2.20. The van der Waals surface area contributed by atoms with Gasteiger partial charge in [0, 0.05) is 48.8 Å². The molecule has 1 aliphatic heterocycles. The molecule has 0 saturated carbocycles. The second-order valence-corrected chi connectivity index (χ2v) is 8.49. The van der Waals surface area contributed by atoms with Gasteiger partial charge in [-0.25, -0.2) is 15.0 Å². The van der Waals surface area contributed by atoms with E-state index in [9.17, 15) is 0 Å². The van der Waals surface area contributed by atoms with Crippen LogP contribution in [0.5, 0.6) is 0 Å². The molecule has 0 unspecified atom stereocenters. The van der Waals surface area contributed by atoms with Gasteiger partial charge in [-0.1, -0.05) is 35.9 Å². The van der Waals surface area contributed by atoms with Crippen molar-refractivity contribution < 1.29 is 0 Å². The van der Waals surface area contributed by atoms with Gasteiger partial charge in [0.2, 0.25) is 0 Å². The molecule has 0 aliphatic carbocycles. The number of halogens is 1. The van der Waals surface area contributed by atoms with Gasteiger partial charge in [-0.15, -0.1) is 11.3 Å². The molecule has 4 nitrogen and oxygen atoms in total. The molecule has 0 bridgehead atoms. The number of aryl methyl sites for hydroxylation is 1. The minimum absolute atomic E-state index is 0.594. The number of hydrogen-bond acceptors (Lipinski definition) is 5. The lowest BCUT2D eigenvalue weighted by atomic mass is 10.1. The summed E-state index contributed by atoms with van der Waals surface area (Å²) in [5.74, 6) is 0.833. The lowest BCUT2D eigenvalue weighted by molar-refractivity contribution is 0.243. The normalized spacial score (nSPS) is 14.4. The van der Waals surface area contributed by atoms with Crippen LogP contribution in [0.3, 0.4) is 0 Å². The van der Waals surface area contributed by atoms with Gasteiger partial charge < -0.3 is 0 Å². The summed E-state index contributed by atoms with van der Waals surface area (Å²) in [7, 11) is 0. The Labute approximate surface area is 172 Å². The fraction of sp³-hybridized carbons (Fsp3) is 0.227. The molecule has 4 aromatic rings. The van der Waals surface area contributed by atoms with E-state index in [1.165, 1.54) is 5.56 Å². The van der Waals surface area contributed by atoms with Crippen LogP contribution in [-0.4, -0.2) is 26.4 Å². The summed E-state index contributed by atoms with van der Waals surface area (Å²) in [6.45, 7) is 4.64. The van der Waals surface area contributed by atoms with Crippen LogP contribution >= 0.6 is 22.9 Å². The molecule has 0 N–H and O–H groups in total. The van der Waals surface area contributed by atoms with Crippen molar-refractivity contribution in [2.75, 3.05) is 6.54 Å². The Morgan fingerprint density at radius 3 is 2.96 bits per heavy atom. The van der Waals surface area contributed by atoms with E-state index in [4.69, 9.17) is 16.6 Å². The molecule has 3 aromatic heterocycles. The third-order valence-corrected chi connectivity index (χ3v) is 6.42. The Kier molecular flexibility index (Phi) is 4.59. The number of benzene rings is 1. The molecule has 0 fully saturated rings. The van der Waals surface area contributed by atoms with Crippen molar-refractivity contribution in [3.8, 4) is 10.7 Å². The summed E-state index contributed by atoms with van der Waals surface area (Å²) >= 11 is 8.19. The maximum atomic E-state index is 6.51. The summed E-state index contributed by atoms with van der Waals surface area (Å²) < 4.78 is 0. The monoisotopic (exact) mass is 406 g/mol. The molecule has 28 heavy (non-hydrogen) atoms. The number of hydrogen-bond donors (Lipinski definition) is 0. The molecule has 4 heterocycles. The molecule has 140 valence electrons. The second-order valence-electron chi connectivity index (χ2n) is 7.19. The molecule has 0 atom stereocenters. The van der Waals surface area contributed by atoms with E-state index in [0.717, 1.165) is 64.5 Å². The van der Waals surface area contributed by atoms with Crippen LogP contribution in [0.2, 0.25) is 5.15 Å². The number of nitrogens with zero attached hydrogens (tertiary/aromatic N) is 4. The maximum Gasteiger partial charge on any atom is 0.169 e. The first-order valence-electron chi connectivity index (χ1n) is 9.33. The van der Waals surface area contributed by atoms with Crippen molar-refractivity contribution in [2.45, 2.75) is 26.4 Å². The SMILES string of the molecule is Cc1cccc2cc(CN3CCc4nc(-c5cccs5)ncc4C3)c(Cl)nc12. The quantitative estimate of drug-likeness (QED) is 0.434. The highest BCUT2D eigenvalue weighted by molar-refractivity contribution is 7.13. The van der Waals surface area contributed by atoms with E-state index in [1.807, 2.05) is 12.3 Å². The van der Waals surface area contributed by atoms with Gasteiger partial charge in [-0.2, -0.15) is 0 Å². The van der Waals surface area contributed by atoms with E-state index < -0.39 is 0 Å². The largest absolute Gasteiger partial charge is 0.294 e. The number of fused-ring (bicyclic) bond motifs is 2. The maximum absolute atomic E-state index is 6.51. The second kappa shape index (κ2) is 7.24. The predicted octanol–water partition coefficient (Wildman–Crippen LogP) is 5.27. The van der Waals surface area contributed by atoms with E-state index in [1.54, 1.807) is 11.3 Å². The molecular weight excluding hydrogens is 388 g/mol. The Balaban J connectivity index is 1.38. The standard InChI is InChI=1S/C22H19ClN4S/c1-14-4-2-5-15-10-16(21(23)26-20(14)15)12-27-8-7-18-17(13-27)11-24-22(25-18)19-6-3-9-28-19/h2-6,9-11H,7-8,12-13H2,1H3. The van der Waals surface area contributed by atoms with Gasteiger partial charge in [-0.05, 0) is 30.0 Å². The molecular formula is C22H19ClN4S. The fourth-order valence-electron chi connectivity index (χ4n) is 3.75. The first-order valence-corrected chi connectivity index (χ1v) is 10.6. The molecule has 1 aromatic carbocycles. The zero-order valence-corrected chi connectivity index (χ0v) is 17.1. The zero-order valence-electron chi connectivity index (χ0n) is 15.5. The van der Waals surface area contributed by atoms with Crippen LogP contribution in [0.4, 0.5) is 0 Å². The summed E-state index contributed by atoms with van der Waals surface area (Å²) in [5.41, 5.74) is 5.56. The fourth-order valence-corrected chi connectivity index (χ4v) is 4.62. The Hall–Kier alpha value is -2.34. The van der Waals surface area contributed by atoms with Crippen LogP contribution in [0.15, 0.2) is 48.0 Å². The van der Waals surface area contributed by atoms with Gasteiger partial charge >= 0.3 is 0 Å². The molecule has 5 rings (SSSR count). The molecule has 6 heteroatoms. The summed E-state index contributed by atoms with van der Waals surface area (Å²) in [6, 6.07) is 12.5. The minimum atomic E-state index is 0.594. The van der Waals surface area contributed by atoms with Gasteiger partial charge in [0.25, 0.3) is 0 Å². The van der Waals surface area contributed by atoms with E-state index in [2.05, 4.69) is 57.5 Å². The van der Waals surface area contributed by atoms with Crippen molar-refractivity contribution in [3.63, 3.8) is 0 Å². The predicted molar refractivity (Wildman–Crippen MR) is 115 cm³/mol. The number of rotatable bonds is 3. The summed E-state index contributed by atoms with van der Waals surface area (Å²) in [4.78, 5) is 17.5. The molecule has 1 aliphatic rings. The van der Waals surface area contributed by atoms with Gasteiger partial charge in [0.1, 0.15) is 5.15 Å². The average Bonchev–Trinajstić information content (AvgIpc) is 3.24. The highest BCUT2D eigenvalue weighted by Crippen LogP contribution is 2.27. The van der Waals surface area contributed by atoms with Crippen molar-refractivity contribution >= 4 is 33.8 Å². The third kappa shape index (κ3) is 3.30.